The molecule has 66 heavy (non-hydrogen) atoms. The Labute approximate surface area is 396 Å². The van der Waals surface area contributed by atoms with Gasteiger partial charge < -0.3 is 35.8 Å². The highest BCUT2D eigenvalue weighted by Gasteiger charge is 2.44. The summed E-state index contributed by atoms with van der Waals surface area (Å²) in [7, 11) is 0. The van der Waals surface area contributed by atoms with Gasteiger partial charge in [-0.2, -0.15) is 0 Å². The number of benzene rings is 4. The van der Waals surface area contributed by atoms with Gasteiger partial charge in [0.2, 0.25) is 23.6 Å². The van der Waals surface area contributed by atoms with Crippen molar-refractivity contribution in [2.45, 2.75) is 91.0 Å². The van der Waals surface area contributed by atoms with E-state index >= 15 is 0 Å². The first-order valence-electron chi connectivity index (χ1n) is 22.4. The number of amides is 4. The SMILES string of the molecule is Cc1ncsc1-c1ccc(CNC(=O)[C@@H]2C[C@@H](O)CN2C(=O)C(NC(=O)CCCCC(=O)NCCOc2ccc(C(=C(CCCl)c3ccccc3)c3ccc(O)cc3)cc2)C(C)(C)C)cc1. The lowest BCUT2D eigenvalue weighted by atomic mass is 9.85. The number of halogens is 1. The van der Waals surface area contributed by atoms with E-state index in [9.17, 15) is 29.4 Å². The summed E-state index contributed by atoms with van der Waals surface area (Å²) in [6, 6.07) is 31.0. The third kappa shape index (κ3) is 13.5. The third-order valence-electron chi connectivity index (χ3n) is 11.5. The molecule has 0 spiro atoms. The number of nitrogens with one attached hydrogen (secondary N) is 3. The molecule has 6 rings (SSSR count). The maximum atomic E-state index is 14.0. The zero-order valence-electron chi connectivity index (χ0n) is 38.0. The quantitative estimate of drug-likeness (QED) is 0.0295. The number of allylic oxidation sites excluding steroid dienone is 1. The number of thiazole rings is 1. The van der Waals surface area contributed by atoms with Gasteiger partial charge in [0.1, 0.15) is 30.2 Å². The van der Waals surface area contributed by atoms with Gasteiger partial charge in [-0.15, -0.1) is 22.9 Å². The zero-order valence-corrected chi connectivity index (χ0v) is 39.6. The molecule has 1 saturated heterocycles. The lowest BCUT2D eigenvalue weighted by molar-refractivity contribution is -0.144. The molecule has 1 unspecified atom stereocenters. The zero-order chi connectivity index (χ0) is 47.2. The number of aromatic hydroxyl groups is 1. The molecule has 0 saturated carbocycles. The van der Waals surface area contributed by atoms with E-state index in [1.165, 1.54) is 4.90 Å². The summed E-state index contributed by atoms with van der Waals surface area (Å²) >= 11 is 7.86. The van der Waals surface area contributed by atoms with Crippen molar-refractivity contribution in [1.82, 2.24) is 25.8 Å². The van der Waals surface area contributed by atoms with E-state index in [-0.39, 0.29) is 62.4 Å². The van der Waals surface area contributed by atoms with Gasteiger partial charge in [-0.1, -0.05) is 99.6 Å². The van der Waals surface area contributed by atoms with E-state index in [2.05, 4.69) is 33.1 Å². The molecular weight excluding hydrogens is 874 g/mol. The molecule has 2 heterocycles. The summed E-state index contributed by atoms with van der Waals surface area (Å²) in [6.45, 7) is 8.30. The van der Waals surface area contributed by atoms with E-state index in [0.29, 0.717) is 37.4 Å². The average Bonchev–Trinajstić information content (AvgIpc) is 3.93. The number of carbonyl (C=O) groups excluding carboxylic acids is 4. The molecule has 14 heteroatoms. The Balaban J connectivity index is 0.934. The lowest BCUT2D eigenvalue weighted by Crippen LogP contribution is -2.57. The molecule has 4 aromatic carbocycles. The summed E-state index contributed by atoms with van der Waals surface area (Å²) < 4.78 is 5.95. The molecule has 5 aromatic rings. The standard InChI is InChI=1S/C52H60ClN5O7S/c1-34-48(66-33-56-34)39-16-14-35(15-17-39)31-55-50(63)44-30-41(60)32-58(44)51(64)49(52(2,3)4)57-46(62)13-9-8-12-45(61)54-28-29-65-42-24-20-38(21-25-42)47(37-18-22-40(59)23-19-37)43(26-27-53)36-10-6-5-7-11-36/h5-7,10-11,14-25,33,41,44,49,59-60H,8-9,12-13,26-32H2,1-4H3,(H,54,61)(H,55,63)(H,57,62)/t41-,44+,49?/m1/s1. The number of unbranched alkanes of at least 4 members (excludes halogenated alkanes) is 1. The molecule has 12 nitrogen and oxygen atoms in total. The van der Waals surface area contributed by atoms with Gasteiger partial charge in [0.15, 0.2) is 0 Å². The van der Waals surface area contributed by atoms with E-state index < -0.39 is 29.5 Å². The molecule has 0 aliphatic carbocycles. The monoisotopic (exact) mass is 933 g/mol. The Hall–Kier alpha value is -6.02. The number of rotatable bonds is 20. The Kier molecular flexibility index (Phi) is 17.5. The fourth-order valence-electron chi connectivity index (χ4n) is 8.04. The van der Waals surface area contributed by atoms with E-state index in [1.807, 2.05) is 112 Å². The largest absolute Gasteiger partial charge is 0.508 e. The van der Waals surface area contributed by atoms with E-state index in [0.717, 1.165) is 49.5 Å². The number of β-amino-alcohol motifs (C(OH)–C–C–N with tert-alkyl or cyclic N) is 1. The number of alkyl halides is 1. The Morgan fingerprint density at radius 2 is 1.50 bits per heavy atom. The molecule has 5 N–H and O–H groups in total. The first kappa shape index (κ1) is 49.4. The van der Waals surface area contributed by atoms with E-state index in [1.54, 1.807) is 23.5 Å². The summed E-state index contributed by atoms with van der Waals surface area (Å²) in [4.78, 5) is 60.1. The topological polar surface area (TPSA) is 170 Å². The number of likely N-dealkylation sites (tertiary alicyclic amines) is 1. The van der Waals surface area contributed by atoms with E-state index in [4.69, 9.17) is 16.3 Å². The van der Waals surface area contributed by atoms with Crippen LogP contribution in [0.1, 0.15) is 87.2 Å². The van der Waals surface area contributed by atoms with Crippen molar-refractivity contribution in [2.24, 2.45) is 5.41 Å². The van der Waals surface area contributed by atoms with Crippen LogP contribution < -0.4 is 20.7 Å². The molecule has 0 radical (unpaired) electrons. The Morgan fingerprint density at radius 3 is 2.12 bits per heavy atom. The summed E-state index contributed by atoms with van der Waals surface area (Å²) in [5.41, 5.74) is 9.11. The van der Waals surface area contributed by atoms with Crippen LogP contribution in [0.4, 0.5) is 0 Å². The van der Waals surface area contributed by atoms with Crippen LogP contribution >= 0.6 is 22.9 Å². The predicted molar refractivity (Wildman–Crippen MR) is 261 cm³/mol. The van der Waals surface area contributed by atoms with Crippen LogP contribution in [0.2, 0.25) is 0 Å². The molecule has 0 bridgehead atoms. The number of aliphatic hydroxyl groups excluding tert-OH is 1. The van der Waals surface area contributed by atoms with Gasteiger partial charge in [0.25, 0.3) is 0 Å². The normalized spacial score (nSPS) is 15.7. The molecular formula is C52H60ClN5O7S. The summed E-state index contributed by atoms with van der Waals surface area (Å²) in [5.74, 6) is -0.00923. The van der Waals surface area contributed by atoms with Crippen LogP contribution in [-0.4, -0.2) is 87.5 Å². The number of hydrogen-bond donors (Lipinski definition) is 5. The van der Waals surface area contributed by atoms with Crippen molar-refractivity contribution in [1.29, 1.82) is 0 Å². The number of aliphatic hydroxyl groups is 1. The first-order chi connectivity index (χ1) is 31.7. The molecule has 1 aliphatic heterocycles. The van der Waals surface area contributed by atoms with Gasteiger partial charge in [0, 0.05) is 38.2 Å². The summed E-state index contributed by atoms with van der Waals surface area (Å²) in [5, 5.41) is 29.2. The number of phenols is 1. The number of phenolic OH excluding ortho intramolecular Hbond substituents is 1. The minimum absolute atomic E-state index is 0.0133. The number of aryl methyl sites for hydroxylation is 1. The van der Waals surface area contributed by atoms with Gasteiger partial charge in [-0.3, -0.25) is 19.2 Å². The fraction of sp³-hybridized carbons (Fsp3) is 0.365. The summed E-state index contributed by atoms with van der Waals surface area (Å²) in [6.07, 6.45) is 1.11. The minimum atomic E-state index is -0.937. The highest BCUT2D eigenvalue weighted by Crippen LogP contribution is 2.36. The van der Waals surface area contributed by atoms with Crippen molar-refractivity contribution >= 4 is 57.7 Å². The lowest BCUT2D eigenvalue weighted by Gasteiger charge is -2.35. The number of nitrogens with zero attached hydrogens (tertiary/aromatic N) is 2. The number of hydrogen-bond acceptors (Lipinski definition) is 9. The van der Waals surface area contributed by atoms with Crippen LogP contribution in [0.3, 0.4) is 0 Å². The van der Waals surface area contributed by atoms with Crippen molar-refractivity contribution in [3.05, 3.63) is 137 Å². The van der Waals surface area contributed by atoms with Crippen LogP contribution in [0, 0.1) is 12.3 Å². The van der Waals surface area contributed by atoms with Crippen molar-refractivity contribution in [3.63, 3.8) is 0 Å². The molecule has 348 valence electrons. The van der Waals surface area contributed by atoms with Crippen LogP contribution in [0.25, 0.3) is 21.6 Å². The highest BCUT2D eigenvalue weighted by atomic mass is 35.5. The number of carbonyl (C=O) groups is 4. The second-order valence-electron chi connectivity index (χ2n) is 17.6. The van der Waals surface area contributed by atoms with Crippen LogP contribution in [-0.2, 0) is 25.7 Å². The first-order valence-corrected chi connectivity index (χ1v) is 23.8. The Bertz CT molecular complexity index is 2430. The third-order valence-corrected chi connectivity index (χ3v) is 12.7. The molecule has 3 atom stereocenters. The van der Waals surface area contributed by atoms with Gasteiger partial charge in [-0.25, -0.2) is 4.98 Å². The fourth-order valence-corrected chi connectivity index (χ4v) is 9.04. The van der Waals surface area contributed by atoms with Gasteiger partial charge in [-0.05, 0) is 94.8 Å². The molecule has 1 fully saturated rings. The van der Waals surface area contributed by atoms with Crippen molar-refractivity contribution in [3.8, 4) is 21.9 Å². The van der Waals surface area contributed by atoms with Gasteiger partial charge in [0.05, 0.1) is 28.7 Å². The maximum absolute atomic E-state index is 14.0. The smallest absolute Gasteiger partial charge is 0.246 e. The number of ether oxygens (including phenoxy) is 1. The predicted octanol–water partition coefficient (Wildman–Crippen LogP) is 8.28. The maximum Gasteiger partial charge on any atom is 0.246 e. The van der Waals surface area contributed by atoms with Crippen molar-refractivity contribution in [2.75, 3.05) is 25.6 Å². The Morgan fingerprint density at radius 1 is 0.848 bits per heavy atom. The van der Waals surface area contributed by atoms with Gasteiger partial charge >= 0.3 is 0 Å². The minimum Gasteiger partial charge on any atom is -0.508 e. The average molecular weight is 935 g/mol. The van der Waals surface area contributed by atoms with Crippen LogP contribution in [0.15, 0.2) is 109 Å². The molecule has 1 aromatic heterocycles. The van der Waals surface area contributed by atoms with Crippen molar-refractivity contribution < 1.29 is 34.1 Å². The molecule has 1 aliphatic rings. The second-order valence-corrected chi connectivity index (χ2v) is 18.8. The van der Waals surface area contributed by atoms with Crippen LogP contribution in [0.5, 0.6) is 11.5 Å². The highest BCUT2D eigenvalue weighted by molar-refractivity contribution is 7.13. The molecule has 4 amide bonds. The second kappa shape index (κ2) is 23.4. The number of aromatic nitrogens is 1.